The van der Waals surface area contributed by atoms with Gasteiger partial charge in [0.1, 0.15) is 0 Å². The van der Waals surface area contributed by atoms with E-state index in [1.54, 1.807) is 0 Å². The molecule has 0 unspecified atom stereocenters. The molecular weight excluding hydrogens is 279 g/mol. The van der Waals surface area contributed by atoms with E-state index in [-0.39, 0.29) is 12.3 Å². The van der Waals surface area contributed by atoms with Gasteiger partial charge in [0.15, 0.2) is 5.65 Å². The van der Waals surface area contributed by atoms with E-state index >= 15 is 0 Å². The Kier molecular flexibility index (Phi) is 3.28. The third kappa shape index (κ3) is 2.26. The first kappa shape index (κ1) is 14.1. The molecule has 0 atom stereocenters. The normalized spacial score (nSPS) is 11.8. The van der Waals surface area contributed by atoms with Gasteiger partial charge in [0.2, 0.25) is 0 Å². The fourth-order valence-electron chi connectivity index (χ4n) is 1.80. The molecule has 0 radical (unpaired) electrons. The number of pyridine rings is 1. The first-order valence-corrected chi connectivity index (χ1v) is 5.62. The van der Waals surface area contributed by atoms with Gasteiger partial charge in [-0.05, 0) is 19.9 Å². The van der Waals surface area contributed by atoms with Crippen molar-refractivity contribution in [2.45, 2.75) is 20.0 Å². The molecule has 2 rings (SSSR count). The van der Waals surface area contributed by atoms with Crippen molar-refractivity contribution in [2.24, 2.45) is 0 Å². The third-order valence-electron chi connectivity index (χ3n) is 2.54. The Bertz CT molecular complexity index is 730. The topological polar surface area (TPSA) is 77.0 Å². The molecule has 6 nitrogen and oxygen atoms in total. The quantitative estimate of drug-likeness (QED) is 0.871. The Balaban J connectivity index is 2.82. The van der Waals surface area contributed by atoms with E-state index in [1.807, 2.05) is 5.10 Å². The number of rotatable bonds is 1. The van der Waals surface area contributed by atoms with Crippen LogP contribution in [0.2, 0.25) is 0 Å². The van der Waals surface area contributed by atoms with Crippen LogP contribution in [-0.2, 0) is 10.9 Å². The van der Waals surface area contributed by atoms with E-state index in [9.17, 15) is 22.8 Å². The number of nitrogens with zero attached hydrogens (tertiary/aromatic N) is 2. The number of aryl methyl sites for hydroxylation is 1. The van der Waals surface area contributed by atoms with E-state index in [4.69, 9.17) is 0 Å². The number of fused-ring (bicyclic) bond motifs is 1. The third-order valence-corrected chi connectivity index (χ3v) is 2.54. The minimum absolute atomic E-state index is 0.0124. The zero-order valence-electron chi connectivity index (χ0n) is 10.5. The summed E-state index contributed by atoms with van der Waals surface area (Å²) in [7, 11) is 0. The van der Waals surface area contributed by atoms with Crippen LogP contribution in [-0.4, -0.2) is 27.5 Å². The number of nitrogens with one attached hydrogen (secondary N) is 1. The number of carbonyl (C=O) groups excluding carboxylic acids is 1. The SMILES string of the molecule is CCOC(=O)n1[nH]c(=O)c2c(C(F)(F)F)cc(C)nc21. The minimum Gasteiger partial charge on any atom is -0.448 e. The zero-order chi connectivity index (χ0) is 15.1. The lowest BCUT2D eigenvalue weighted by atomic mass is 10.1. The van der Waals surface area contributed by atoms with E-state index in [0.717, 1.165) is 6.07 Å². The lowest BCUT2D eigenvalue weighted by Gasteiger charge is -2.08. The molecule has 0 saturated heterocycles. The number of H-pyrrole nitrogens is 1. The fraction of sp³-hybridized carbons (Fsp3) is 0.364. The molecule has 0 aliphatic rings. The van der Waals surface area contributed by atoms with Gasteiger partial charge in [-0.3, -0.25) is 9.89 Å². The van der Waals surface area contributed by atoms with Gasteiger partial charge in [-0.2, -0.15) is 17.9 Å². The number of hydrogen-bond donors (Lipinski definition) is 1. The lowest BCUT2D eigenvalue weighted by molar-refractivity contribution is -0.136. The molecule has 2 aromatic rings. The van der Waals surface area contributed by atoms with Gasteiger partial charge >= 0.3 is 12.3 Å². The number of ether oxygens (including phenoxy) is 1. The van der Waals surface area contributed by atoms with Crippen molar-refractivity contribution in [3.8, 4) is 0 Å². The predicted octanol–water partition coefficient (Wildman–Crippen LogP) is 2.06. The number of carbonyl (C=O) groups is 1. The smallest absolute Gasteiger partial charge is 0.434 e. The maximum absolute atomic E-state index is 12.9. The molecule has 0 fully saturated rings. The summed E-state index contributed by atoms with van der Waals surface area (Å²) < 4.78 is 44.0. The van der Waals surface area contributed by atoms with Gasteiger partial charge in [0.05, 0.1) is 17.6 Å². The molecule has 0 bridgehead atoms. The van der Waals surface area contributed by atoms with Crippen LogP contribution in [0.3, 0.4) is 0 Å². The summed E-state index contributed by atoms with van der Waals surface area (Å²) in [5, 5.41) is 1.32. The largest absolute Gasteiger partial charge is 0.448 e. The molecule has 0 aliphatic carbocycles. The highest BCUT2D eigenvalue weighted by Crippen LogP contribution is 2.33. The van der Waals surface area contributed by atoms with Crippen molar-refractivity contribution >= 4 is 17.1 Å². The number of halogens is 3. The van der Waals surface area contributed by atoms with Crippen LogP contribution in [0.5, 0.6) is 0 Å². The van der Waals surface area contributed by atoms with Crippen molar-refractivity contribution in [1.29, 1.82) is 0 Å². The van der Waals surface area contributed by atoms with Crippen LogP contribution >= 0.6 is 0 Å². The molecule has 0 amide bonds. The molecule has 1 N–H and O–H groups in total. The van der Waals surface area contributed by atoms with Crippen LogP contribution in [0.1, 0.15) is 18.2 Å². The Morgan fingerprint density at radius 1 is 1.50 bits per heavy atom. The van der Waals surface area contributed by atoms with Crippen molar-refractivity contribution in [2.75, 3.05) is 6.61 Å². The molecule has 0 aromatic carbocycles. The van der Waals surface area contributed by atoms with Gasteiger partial charge in [0.25, 0.3) is 5.56 Å². The fourth-order valence-corrected chi connectivity index (χ4v) is 1.80. The van der Waals surface area contributed by atoms with Crippen molar-refractivity contribution in [1.82, 2.24) is 14.8 Å². The highest BCUT2D eigenvalue weighted by Gasteiger charge is 2.36. The molecule has 0 aliphatic heterocycles. The first-order valence-electron chi connectivity index (χ1n) is 5.62. The summed E-state index contributed by atoms with van der Waals surface area (Å²) in [6, 6.07) is 0.757. The highest BCUT2D eigenvalue weighted by atomic mass is 19.4. The average molecular weight is 289 g/mol. The number of aromatic nitrogens is 3. The van der Waals surface area contributed by atoms with Crippen molar-refractivity contribution in [3.63, 3.8) is 0 Å². The second-order valence-electron chi connectivity index (χ2n) is 3.98. The van der Waals surface area contributed by atoms with E-state index in [0.29, 0.717) is 4.68 Å². The maximum atomic E-state index is 12.9. The summed E-state index contributed by atoms with van der Waals surface area (Å²) in [6.45, 7) is 2.88. The van der Waals surface area contributed by atoms with Crippen LogP contribution in [0, 0.1) is 6.92 Å². The summed E-state index contributed by atoms with van der Waals surface area (Å²) in [5.41, 5.74) is -2.56. The molecular formula is C11H10F3N3O3. The number of hydrogen-bond acceptors (Lipinski definition) is 4. The van der Waals surface area contributed by atoms with E-state index in [1.165, 1.54) is 13.8 Å². The van der Waals surface area contributed by atoms with Crippen molar-refractivity contribution in [3.05, 3.63) is 27.7 Å². The molecule has 2 heterocycles. The van der Waals surface area contributed by atoms with E-state index < -0.39 is 34.4 Å². The van der Waals surface area contributed by atoms with Gasteiger partial charge in [-0.25, -0.2) is 9.78 Å². The van der Waals surface area contributed by atoms with Crippen LogP contribution in [0.4, 0.5) is 18.0 Å². The predicted molar refractivity (Wildman–Crippen MR) is 62.5 cm³/mol. The molecule has 108 valence electrons. The molecule has 9 heteroatoms. The van der Waals surface area contributed by atoms with Gasteiger partial charge in [-0.1, -0.05) is 0 Å². The second kappa shape index (κ2) is 4.66. The average Bonchev–Trinajstić information content (AvgIpc) is 2.65. The standard InChI is InChI=1S/C11H10F3N3O3/c1-3-20-10(19)17-8-7(9(18)16-17)6(11(12,13)14)4-5(2)15-8/h4H,3H2,1-2H3,(H,16,18). The number of aromatic amines is 1. The summed E-state index contributed by atoms with van der Waals surface area (Å²) in [6.07, 6.45) is -5.72. The Morgan fingerprint density at radius 3 is 2.70 bits per heavy atom. The van der Waals surface area contributed by atoms with Gasteiger partial charge < -0.3 is 4.74 Å². The maximum Gasteiger partial charge on any atom is 0.434 e. The summed E-state index contributed by atoms with van der Waals surface area (Å²) in [4.78, 5) is 27.1. The van der Waals surface area contributed by atoms with Gasteiger partial charge in [-0.15, -0.1) is 0 Å². The summed E-state index contributed by atoms with van der Waals surface area (Å²) in [5.74, 6) is 0. The monoisotopic (exact) mass is 289 g/mol. The second-order valence-corrected chi connectivity index (χ2v) is 3.98. The Hall–Kier alpha value is -2.32. The summed E-state index contributed by atoms with van der Waals surface area (Å²) >= 11 is 0. The first-order chi connectivity index (χ1) is 9.25. The van der Waals surface area contributed by atoms with Crippen LogP contribution < -0.4 is 5.56 Å². The molecule has 2 aromatic heterocycles. The molecule has 20 heavy (non-hydrogen) atoms. The lowest BCUT2D eigenvalue weighted by Crippen LogP contribution is -2.17. The van der Waals surface area contributed by atoms with E-state index in [2.05, 4.69) is 9.72 Å². The highest BCUT2D eigenvalue weighted by molar-refractivity contribution is 5.87. The molecule has 0 spiro atoms. The Labute approximate surface area is 110 Å². The zero-order valence-corrected chi connectivity index (χ0v) is 10.5. The van der Waals surface area contributed by atoms with Crippen molar-refractivity contribution < 1.29 is 22.7 Å². The number of alkyl halides is 3. The van der Waals surface area contributed by atoms with Crippen LogP contribution in [0.15, 0.2) is 10.9 Å². The molecule has 0 saturated carbocycles. The minimum atomic E-state index is -4.72. The Morgan fingerprint density at radius 2 is 2.15 bits per heavy atom. The van der Waals surface area contributed by atoms with Crippen LogP contribution in [0.25, 0.3) is 11.0 Å². The van der Waals surface area contributed by atoms with Gasteiger partial charge in [0, 0.05) is 5.69 Å².